The molecule has 11 rings (SSSR count). The first kappa shape index (κ1) is 32.1. The molecule has 56 heavy (non-hydrogen) atoms. The molecule has 4 heterocycles. The van der Waals surface area contributed by atoms with Crippen LogP contribution < -0.4 is 0 Å². The number of rotatable bonds is 6. The van der Waals surface area contributed by atoms with Gasteiger partial charge in [-0.3, -0.25) is 0 Å². The van der Waals surface area contributed by atoms with Gasteiger partial charge < -0.3 is 4.42 Å². The fourth-order valence-corrected chi connectivity index (χ4v) is 8.66. The molecule has 0 unspecified atom stereocenters. The first-order chi connectivity index (χ1) is 27.7. The molecule has 0 fully saturated rings. The van der Waals surface area contributed by atoms with Crippen LogP contribution in [-0.2, 0) is 0 Å². The highest BCUT2D eigenvalue weighted by atomic mass is 32.1. The van der Waals surface area contributed by atoms with Crippen molar-refractivity contribution in [2.45, 2.75) is 0 Å². The first-order valence-electron chi connectivity index (χ1n) is 18.4. The van der Waals surface area contributed by atoms with Crippen molar-refractivity contribution < 1.29 is 4.42 Å². The van der Waals surface area contributed by atoms with Crippen LogP contribution in [0.25, 0.3) is 110 Å². The van der Waals surface area contributed by atoms with Gasteiger partial charge in [-0.2, -0.15) is 0 Å². The molecule has 7 aromatic carbocycles. The van der Waals surface area contributed by atoms with E-state index in [1.807, 2.05) is 91.0 Å². The van der Waals surface area contributed by atoms with Crippen LogP contribution in [0.5, 0.6) is 0 Å². The Morgan fingerprint density at radius 2 is 0.911 bits per heavy atom. The molecule has 11 aromatic rings. The number of thiophene rings is 1. The van der Waals surface area contributed by atoms with Crippen molar-refractivity contribution >= 4 is 53.6 Å². The zero-order chi connectivity index (χ0) is 37.0. The Kier molecular flexibility index (Phi) is 7.57. The van der Waals surface area contributed by atoms with E-state index in [0.29, 0.717) is 23.3 Å². The van der Waals surface area contributed by atoms with E-state index < -0.39 is 0 Å². The molecular weight excluding hydrogens is 707 g/mol. The zero-order valence-electron chi connectivity index (χ0n) is 29.8. The van der Waals surface area contributed by atoms with Gasteiger partial charge in [-0.15, -0.1) is 11.3 Å². The lowest BCUT2D eigenvalue weighted by Crippen LogP contribution is -2.00. The van der Waals surface area contributed by atoms with Gasteiger partial charge in [0.15, 0.2) is 23.3 Å². The van der Waals surface area contributed by atoms with E-state index in [1.54, 1.807) is 11.3 Å². The van der Waals surface area contributed by atoms with Gasteiger partial charge in [0.2, 0.25) is 0 Å². The zero-order valence-corrected chi connectivity index (χ0v) is 30.6. The van der Waals surface area contributed by atoms with E-state index >= 15 is 0 Å². The summed E-state index contributed by atoms with van der Waals surface area (Å²) in [6, 6.07) is 59.8. The monoisotopic (exact) mass is 735 g/mol. The van der Waals surface area contributed by atoms with Crippen molar-refractivity contribution in [3.63, 3.8) is 0 Å². The van der Waals surface area contributed by atoms with Gasteiger partial charge in [-0.1, -0.05) is 158 Å². The minimum absolute atomic E-state index is 0.554. The molecule has 0 atom stereocenters. The molecular formula is C49H29N5OS. The summed E-state index contributed by atoms with van der Waals surface area (Å²) in [6.07, 6.45) is 0. The molecule has 0 N–H and O–H groups in total. The van der Waals surface area contributed by atoms with Crippen molar-refractivity contribution in [1.29, 1.82) is 0 Å². The van der Waals surface area contributed by atoms with E-state index in [4.69, 9.17) is 29.3 Å². The molecule has 0 bridgehead atoms. The topological polar surface area (TPSA) is 77.6 Å². The van der Waals surface area contributed by atoms with Crippen molar-refractivity contribution in [3.8, 4) is 67.9 Å². The molecule has 0 amide bonds. The van der Waals surface area contributed by atoms with Gasteiger partial charge in [0, 0.05) is 43.1 Å². The highest BCUT2D eigenvalue weighted by Crippen LogP contribution is 2.42. The first-order valence-corrected chi connectivity index (χ1v) is 19.2. The molecule has 0 aliphatic rings. The third-order valence-electron chi connectivity index (χ3n) is 10.2. The molecule has 0 saturated carbocycles. The SMILES string of the molecule is c1ccc(-c2nc(-c3ccccc3)nc(-c3cccc4c3oc3cccc(-c5ccc(-c6nc(-c7ccccc7)c7sc8ccccc8c7n6)cc5)c34)n2)cc1. The fourth-order valence-electron chi connectivity index (χ4n) is 7.50. The molecule has 0 saturated heterocycles. The normalized spacial score (nSPS) is 11.6. The van der Waals surface area contributed by atoms with Crippen molar-refractivity contribution in [2.24, 2.45) is 0 Å². The Bertz CT molecular complexity index is 3180. The van der Waals surface area contributed by atoms with E-state index in [0.717, 1.165) is 82.2 Å². The third kappa shape index (κ3) is 5.44. The Balaban J connectivity index is 1.03. The number of fused-ring (bicyclic) bond motifs is 6. The average molecular weight is 736 g/mol. The smallest absolute Gasteiger partial charge is 0.167 e. The van der Waals surface area contributed by atoms with E-state index in [-0.39, 0.29) is 0 Å². The minimum Gasteiger partial charge on any atom is -0.455 e. The number of hydrogen-bond acceptors (Lipinski definition) is 7. The van der Waals surface area contributed by atoms with Crippen LogP contribution in [0, 0.1) is 0 Å². The Morgan fingerprint density at radius 3 is 1.62 bits per heavy atom. The summed E-state index contributed by atoms with van der Waals surface area (Å²) in [7, 11) is 0. The lowest BCUT2D eigenvalue weighted by Gasteiger charge is -2.09. The molecule has 262 valence electrons. The summed E-state index contributed by atoms with van der Waals surface area (Å²) >= 11 is 1.74. The van der Waals surface area contributed by atoms with Crippen LogP contribution in [0.4, 0.5) is 0 Å². The van der Waals surface area contributed by atoms with Crippen molar-refractivity contribution in [3.05, 3.63) is 176 Å². The standard InChI is InChI=1S/C49H29N5OS/c1-4-14-31(15-5-1)42-45-43(36-20-10-11-25-40(36)56-45)51-46(50-42)34-28-26-30(27-29-34)35-21-13-24-39-41(35)37-22-12-23-38(44(37)55-39)49-53-47(32-16-6-2-7-17-32)52-48(54-49)33-18-8-3-9-19-33/h1-29H. The van der Waals surface area contributed by atoms with Gasteiger partial charge in [0.25, 0.3) is 0 Å². The fraction of sp³-hybridized carbons (Fsp3) is 0. The number of benzene rings is 7. The maximum Gasteiger partial charge on any atom is 0.167 e. The second-order valence-corrected chi connectivity index (χ2v) is 14.7. The maximum absolute atomic E-state index is 6.69. The average Bonchev–Trinajstić information content (AvgIpc) is 3.86. The van der Waals surface area contributed by atoms with Gasteiger partial charge in [-0.05, 0) is 29.3 Å². The predicted molar refractivity (Wildman–Crippen MR) is 228 cm³/mol. The largest absolute Gasteiger partial charge is 0.455 e. The van der Waals surface area contributed by atoms with Gasteiger partial charge >= 0.3 is 0 Å². The lowest BCUT2D eigenvalue weighted by molar-refractivity contribution is 0.669. The summed E-state index contributed by atoms with van der Waals surface area (Å²) in [4.78, 5) is 25.2. The predicted octanol–water partition coefficient (Wildman–Crippen LogP) is 12.9. The molecule has 7 heteroatoms. The Morgan fingerprint density at radius 1 is 0.375 bits per heavy atom. The van der Waals surface area contributed by atoms with Gasteiger partial charge in [-0.25, -0.2) is 24.9 Å². The molecule has 4 aromatic heterocycles. The number of aromatic nitrogens is 5. The number of hydrogen-bond donors (Lipinski definition) is 0. The van der Waals surface area contributed by atoms with E-state index in [9.17, 15) is 0 Å². The number of furan rings is 1. The summed E-state index contributed by atoms with van der Waals surface area (Å²) in [5.74, 6) is 2.47. The van der Waals surface area contributed by atoms with Crippen LogP contribution in [0.2, 0.25) is 0 Å². The Labute approximate surface area is 325 Å². The summed E-state index contributed by atoms with van der Waals surface area (Å²) in [5.41, 5.74) is 10.3. The minimum atomic E-state index is 0.554. The molecule has 6 nitrogen and oxygen atoms in total. The summed E-state index contributed by atoms with van der Waals surface area (Å²) in [5, 5.41) is 3.17. The van der Waals surface area contributed by atoms with Crippen LogP contribution in [0.1, 0.15) is 0 Å². The Hall–Kier alpha value is -7.35. The number of nitrogens with zero attached hydrogens (tertiary/aromatic N) is 5. The van der Waals surface area contributed by atoms with Crippen molar-refractivity contribution in [1.82, 2.24) is 24.9 Å². The summed E-state index contributed by atoms with van der Waals surface area (Å²) < 4.78 is 8.99. The molecule has 0 spiro atoms. The third-order valence-corrected chi connectivity index (χ3v) is 11.4. The quantitative estimate of drug-likeness (QED) is 0.169. The highest BCUT2D eigenvalue weighted by Gasteiger charge is 2.20. The van der Waals surface area contributed by atoms with Crippen LogP contribution >= 0.6 is 11.3 Å². The molecule has 0 aliphatic heterocycles. The van der Waals surface area contributed by atoms with Crippen LogP contribution in [-0.4, -0.2) is 24.9 Å². The van der Waals surface area contributed by atoms with E-state index in [2.05, 4.69) is 84.9 Å². The summed E-state index contributed by atoms with van der Waals surface area (Å²) in [6.45, 7) is 0. The molecule has 0 aliphatic carbocycles. The van der Waals surface area contributed by atoms with E-state index in [1.165, 1.54) is 4.70 Å². The number of para-hydroxylation sites is 1. The molecule has 0 radical (unpaired) electrons. The second kappa shape index (κ2) is 13.2. The van der Waals surface area contributed by atoms with Gasteiger partial charge in [0.1, 0.15) is 11.2 Å². The van der Waals surface area contributed by atoms with Crippen molar-refractivity contribution in [2.75, 3.05) is 0 Å². The lowest BCUT2D eigenvalue weighted by atomic mass is 9.97. The van der Waals surface area contributed by atoms with Crippen LogP contribution in [0.3, 0.4) is 0 Å². The second-order valence-electron chi connectivity index (χ2n) is 13.6. The maximum atomic E-state index is 6.69. The highest BCUT2D eigenvalue weighted by molar-refractivity contribution is 7.26. The van der Waals surface area contributed by atoms with Gasteiger partial charge in [0.05, 0.1) is 21.5 Å². The van der Waals surface area contributed by atoms with Crippen LogP contribution in [0.15, 0.2) is 180 Å².